The highest BCUT2D eigenvalue weighted by Crippen LogP contribution is 2.31. The van der Waals surface area contributed by atoms with Gasteiger partial charge in [0, 0.05) is 5.92 Å². The van der Waals surface area contributed by atoms with Gasteiger partial charge in [-0.1, -0.05) is 39.2 Å². The zero-order valence-electron chi connectivity index (χ0n) is 12.2. The van der Waals surface area contributed by atoms with Crippen molar-refractivity contribution in [2.24, 2.45) is 5.92 Å². The molecule has 0 unspecified atom stereocenters. The van der Waals surface area contributed by atoms with Crippen LogP contribution in [0.25, 0.3) is 0 Å². The Bertz CT molecular complexity index is 443. The van der Waals surface area contributed by atoms with Gasteiger partial charge in [-0.05, 0) is 36.5 Å². The minimum atomic E-state index is 0.199. The fourth-order valence-electron chi connectivity index (χ4n) is 2.86. The molecular formula is C17H24O2. The van der Waals surface area contributed by atoms with Gasteiger partial charge in [0.05, 0.1) is 12.7 Å². The summed E-state index contributed by atoms with van der Waals surface area (Å²) in [5.74, 6) is 1.63. The highest BCUT2D eigenvalue weighted by atomic mass is 16.5. The third kappa shape index (κ3) is 3.17. The van der Waals surface area contributed by atoms with E-state index in [1.165, 1.54) is 24.8 Å². The third-order valence-electron chi connectivity index (χ3n) is 4.13. The van der Waals surface area contributed by atoms with Gasteiger partial charge in [0.15, 0.2) is 5.78 Å². The van der Waals surface area contributed by atoms with Gasteiger partial charge >= 0.3 is 0 Å². The molecule has 0 spiro atoms. The van der Waals surface area contributed by atoms with Crippen molar-refractivity contribution in [2.75, 3.05) is 7.11 Å². The first-order valence-electron chi connectivity index (χ1n) is 7.35. The molecule has 0 bridgehead atoms. The van der Waals surface area contributed by atoms with Crippen LogP contribution in [-0.2, 0) is 0 Å². The topological polar surface area (TPSA) is 26.3 Å². The lowest BCUT2D eigenvalue weighted by atomic mass is 9.83. The molecule has 1 fully saturated rings. The Morgan fingerprint density at radius 2 is 1.89 bits per heavy atom. The Labute approximate surface area is 116 Å². The number of rotatable bonds is 4. The summed E-state index contributed by atoms with van der Waals surface area (Å²) in [4.78, 5) is 12.7. The lowest BCUT2D eigenvalue weighted by molar-refractivity contribution is 0.0886. The number of benzene rings is 1. The van der Waals surface area contributed by atoms with Gasteiger partial charge in [-0.2, -0.15) is 0 Å². The Morgan fingerprint density at radius 3 is 2.47 bits per heavy atom. The van der Waals surface area contributed by atoms with Crippen LogP contribution in [0.15, 0.2) is 18.2 Å². The second kappa shape index (κ2) is 6.23. The fourth-order valence-corrected chi connectivity index (χ4v) is 2.86. The molecule has 0 atom stereocenters. The first kappa shape index (κ1) is 14.1. The molecule has 2 rings (SSSR count). The predicted molar refractivity (Wildman–Crippen MR) is 78.0 cm³/mol. The number of ether oxygens (including phenoxy) is 1. The van der Waals surface area contributed by atoms with Crippen LogP contribution >= 0.6 is 0 Å². The largest absolute Gasteiger partial charge is 0.496 e. The van der Waals surface area contributed by atoms with Crippen LogP contribution in [0.1, 0.15) is 67.8 Å². The van der Waals surface area contributed by atoms with E-state index in [-0.39, 0.29) is 11.7 Å². The number of hydrogen-bond donors (Lipinski definition) is 0. The van der Waals surface area contributed by atoms with Crippen molar-refractivity contribution in [1.82, 2.24) is 0 Å². The average Bonchev–Trinajstić information content (AvgIpc) is 2.46. The Hall–Kier alpha value is -1.31. The van der Waals surface area contributed by atoms with Crippen molar-refractivity contribution in [3.8, 4) is 5.75 Å². The first-order chi connectivity index (χ1) is 9.13. The summed E-state index contributed by atoms with van der Waals surface area (Å²) in [5, 5.41) is 0. The lowest BCUT2D eigenvalue weighted by Gasteiger charge is -2.22. The van der Waals surface area contributed by atoms with E-state index in [0.717, 1.165) is 24.2 Å². The number of Topliss-reactive ketones (excluding diaryl/α,β-unsaturated/α-hetero) is 1. The molecule has 0 radical (unpaired) electrons. The summed E-state index contributed by atoms with van der Waals surface area (Å²) in [5.41, 5.74) is 1.99. The second-order valence-corrected chi connectivity index (χ2v) is 5.81. The van der Waals surface area contributed by atoms with E-state index in [1.54, 1.807) is 7.11 Å². The van der Waals surface area contributed by atoms with E-state index < -0.39 is 0 Å². The van der Waals surface area contributed by atoms with Gasteiger partial charge in [-0.25, -0.2) is 0 Å². The molecule has 1 aromatic rings. The van der Waals surface area contributed by atoms with E-state index in [0.29, 0.717) is 5.92 Å². The zero-order chi connectivity index (χ0) is 13.8. The highest BCUT2D eigenvalue weighted by Gasteiger charge is 2.25. The molecule has 1 aliphatic rings. The number of hydrogen-bond acceptors (Lipinski definition) is 2. The van der Waals surface area contributed by atoms with Gasteiger partial charge in [0.25, 0.3) is 0 Å². The number of methoxy groups -OCH3 is 1. The molecule has 1 saturated carbocycles. The zero-order valence-corrected chi connectivity index (χ0v) is 12.2. The van der Waals surface area contributed by atoms with Crippen molar-refractivity contribution in [1.29, 1.82) is 0 Å². The quantitative estimate of drug-likeness (QED) is 0.741. The molecule has 2 heteroatoms. The van der Waals surface area contributed by atoms with E-state index in [9.17, 15) is 4.79 Å². The molecule has 0 aliphatic heterocycles. The van der Waals surface area contributed by atoms with E-state index in [2.05, 4.69) is 19.9 Å². The Balaban J connectivity index is 2.29. The van der Waals surface area contributed by atoms with Gasteiger partial charge in [0.2, 0.25) is 0 Å². The molecule has 1 aromatic carbocycles. The smallest absolute Gasteiger partial charge is 0.169 e. The van der Waals surface area contributed by atoms with Crippen LogP contribution in [0.4, 0.5) is 0 Å². The second-order valence-electron chi connectivity index (χ2n) is 5.81. The minimum absolute atomic E-state index is 0.199. The van der Waals surface area contributed by atoms with Gasteiger partial charge in [-0.3, -0.25) is 4.79 Å². The summed E-state index contributed by atoms with van der Waals surface area (Å²) >= 11 is 0. The van der Waals surface area contributed by atoms with Crippen LogP contribution in [0.3, 0.4) is 0 Å². The third-order valence-corrected chi connectivity index (χ3v) is 4.13. The molecule has 19 heavy (non-hydrogen) atoms. The predicted octanol–water partition coefficient (Wildman–Crippen LogP) is 4.58. The summed E-state index contributed by atoms with van der Waals surface area (Å²) in [6.45, 7) is 4.30. The Kier molecular flexibility index (Phi) is 4.62. The van der Waals surface area contributed by atoms with Crippen LogP contribution < -0.4 is 4.74 Å². The van der Waals surface area contributed by atoms with Gasteiger partial charge < -0.3 is 4.74 Å². The molecule has 1 aliphatic carbocycles. The summed E-state index contributed by atoms with van der Waals surface area (Å²) in [6, 6.07) is 6.02. The van der Waals surface area contributed by atoms with Crippen LogP contribution in [-0.4, -0.2) is 12.9 Å². The van der Waals surface area contributed by atoms with Crippen molar-refractivity contribution < 1.29 is 9.53 Å². The number of carbonyl (C=O) groups excluding carboxylic acids is 1. The average molecular weight is 260 g/mol. The van der Waals surface area contributed by atoms with Crippen LogP contribution in [0.5, 0.6) is 5.75 Å². The maximum absolute atomic E-state index is 12.7. The van der Waals surface area contributed by atoms with Crippen molar-refractivity contribution in [2.45, 2.75) is 51.9 Å². The summed E-state index contributed by atoms with van der Waals surface area (Å²) in [7, 11) is 1.64. The maximum Gasteiger partial charge on any atom is 0.169 e. The fraction of sp³-hybridized carbons (Fsp3) is 0.588. The summed E-state index contributed by atoms with van der Waals surface area (Å²) in [6.07, 6.45) is 5.71. The van der Waals surface area contributed by atoms with E-state index >= 15 is 0 Å². The molecule has 0 saturated heterocycles. The van der Waals surface area contributed by atoms with Crippen LogP contribution in [0.2, 0.25) is 0 Å². The maximum atomic E-state index is 12.7. The number of carbonyl (C=O) groups is 1. The van der Waals surface area contributed by atoms with Crippen molar-refractivity contribution >= 4 is 5.78 Å². The van der Waals surface area contributed by atoms with E-state index in [4.69, 9.17) is 4.74 Å². The normalized spacial score (nSPS) is 16.6. The molecule has 104 valence electrons. The van der Waals surface area contributed by atoms with E-state index in [1.807, 2.05) is 12.1 Å². The minimum Gasteiger partial charge on any atom is -0.496 e. The monoisotopic (exact) mass is 260 g/mol. The summed E-state index contributed by atoms with van der Waals surface area (Å²) < 4.78 is 5.37. The SMILES string of the molecule is COc1ccc(C(C)C)cc1C(=O)C1CCCCC1. The molecule has 0 N–H and O–H groups in total. The van der Waals surface area contributed by atoms with Crippen molar-refractivity contribution in [3.05, 3.63) is 29.3 Å². The first-order valence-corrected chi connectivity index (χ1v) is 7.35. The molecule has 2 nitrogen and oxygen atoms in total. The van der Waals surface area contributed by atoms with Gasteiger partial charge in [0.1, 0.15) is 5.75 Å². The Morgan fingerprint density at radius 1 is 1.21 bits per heavy atom. The van der Waals surface area contributed by atoms with Crippen molar-refractivity contribution in [3.63, 3.8) is 0 Å². The molecule has 0 amide bonds. The lowest BCUT2D eigenvalue weighted by Crippen LogP contribution is -2.18. The number of ketones is 1. The van der Waals surface area contributed by atoms with Gasteiger partial charge in [-0.15, -0.1) is 0 Å². The highest BCUT2D eigenvalue weighted by molar-refractivity contribution is 6.00. The van der Waals surface area contributed by atoms with Crippen LogP contribution in [0, 0.1) is 5.92 Å². The molecule has 0 heterocycles. The standard InChI is InChI=1S/C17H24O2/c1-12(2)14-9-10-16(19-3)15(11-14)17(18)13-7-5-4-6-8-13/h9-13H,4-8H2,1-3H3. The molecule has 0 aromatic heterocycles. The molecular weight excluding hydrogens is 236 g/mol.